The molecule has 3 rings (SSSR count). The molecule has 0 bridgehead atoms. The second-order valence-corrected chi connectivity index (χ2v) is 15.1. The second-order valence-electron chi connectivity index (χ2n) is 10.9. The van der Waals surface area contributed by atoms with Crippen molar-refractivity contribution in [2.24, 2.45) is 5.92 Å². The van der Waals surface area contributed by atoms with E-state index >= 15 is 0 Å². The molecule has 2 saturated heterocycles. The Balaban J connectivity index is 2.14. The van der Waals surface area contributed by atoms with Crippen LogP contribution in [0.25, 0.3) is 0 Å². The van der Waals surface area contributed by atoms with E-state index in [0.29, 0.717) is 0 Å². The van der Waals surface area contributed by atoms with Gasteiger partial charge in [-0.2, -0.15) is 13.2 Å². The highest BCUT2D eigenvalue weighted by atomic mass is 28.4. The molecule has 0 radical (unpaired) electrons. The second kappa shape index (κ2) is 8.36. The fraction of sp³-hybridized carbons (Fsp3) is 0.714. The number of hydrogen-bond donors (Lipinski definition) is 0. The van der Waals surface area contributed by atoms with Gasteiger partial charge in [0.2, 0.25) is 0 Å². The molecular formula is C21H31F3N4O5Si. The summed E-state index contributed by atoms with van der Waals surface area (Å²) in [6.45, 7) is 11.7. The molecule has 0 aliphatic carbocycles. The molecular weight excluding hydrogens is 473 g/mol. The highest BCUT2D eigenvalue weighted by Crippen LogP contribution is 2.51. The van der Waals surface area contributed by atoms with E-state index in [1.165, 1.54) is 21.7 Å². The number of alkyl halides is 3. The predicted octanol–water partition coefficient (Wildman–Crippen LogP) is 4.86. The quantitative estimate of drug-likeness (QED) is 0.322. The Morgan fingerprint density at radius 3 is 2.35 bits per heavy atom. The summed E-state index contributed by atoms with van der Waals surface area (Å²) in [4.78, 5) is 29.3. The van der Waals surface area contributed by atoms with Gasteiger partial charge in [0.25, 0.3) is 0 Å². The molecule has 1 aromatic rings. The number of halogens is 3. The topological polar surface area (TPSA) is 98.0 Å². The van der Waals surface area contributed by atoms with Crippen LogP contribution in [0, 0.1) is 16.0 Å². The van der Waals surface area contributed by atoms with Crippen LogP contribution >= 0.6 is 0 Å². The van der Waals surface area contributed by atoms with Crippen LogP contribution in [0.2, 0.25) is 11.6 Å². The summed E-state index contributed by atoms with van der Waals surface area (Å²) < 4.78 is 56.1. The van der Waals surface area contributed by atoms with Crippen LogP contribution in [0.15, 0.2) is 18.5 Å². The maximum atomic E-state index is 14.3. The third kappa shape index (κ3) is 4.72. The van der Waals surface area contributed by atoms with Gasteiger partial charge in [-0.05, 0) is 38.4 Å². The Hall–Kier alpha value is -2.41. The van der Waals surface area contributed by atoms with Gasteiger partial charge in [0.05, 0.1) is 23.0 Å². The monoisotopic (exact) mass is 504 g/mol. The molecule has 0 N–H and O–H groups in total. The minimum atomic E-state index is -4.65. The number of carbonyl (C=O) groups is 1. The average molecular weight is 505 g/mol. The average Bonchev–Trinajstić information content (AvgIpc) is 2.98. The Bertz CT molecular complexity index is 965. The lowest BCUT2D eigenvalue weighted by Crippen LogP contribution is -2.63. The molecule has 2 aliphatic rings. The van der Waals surface area contributed by atoms with Crippen LogP contribution in [0.4, 0.5) is 29.3 Å². The number of anilines is 1. The summed E-state index contributed by atoms with van der Waals surface area (Å²) >= 11 is 0. The van der Waals surface area contributed by atoms with Gasteiger partial charge in [-0.15, -0.1) is 0 Å². The summed E-state index contributed by atoms with van der Waals surface area (Å²) in [7, 11) is -3.31. The van der Waals surface area contributed by atoms with Crippen LogP contribution in [0.5, 0.6) is 0 Å². The standard InChI is InChI=1S/C21H31F3N4O5Si/c1-19(2,3)32-18(29)27-16-12-26(14-8-9-25-10-15(14)28(30)31)11-13(21(22,23)24)17(16)33-34(27,7)20(4,5)6/h8-10,13,16-17H,11-12H2,1-7H3/t13-,16+,17+,34?/m0/s1. The van der Waals surface area contributed by atoms with Gasteiger partial charge >= 0.3 is 26.4 Å². The van der Waals surface area contributed by atoms with Crippen molar-refractivity contribution >= 4 is 25.9 Å². The van der Waals surface area contributed by atoms with Gasteiger partial charge in [-0.1, -0.05) is 20.8 Å². The van der Waals surface area contributed by atoms with E-state index in [2.05, 4.69) is 4.98 Å². The van der Waals surface area contributed by atoms with E-state index in [1.807, 2.05) is 20.8 Å². The number of hydrogen-bond acceptors (Lipinski definition) is 7. The van der Waals surface area contributed by atoms with Crippen molar-refractivity contribution in [1.82, 2.24) is 9.55 Å². The number of piperidine rings is 1. The minimum Gasteiger partial charge on any atom is -0.444 e. The van der Waals surface area contributed by atoms with Gasteiger partial charge < -0.3 is 18.6 Å². The maximum absolute atomic E-state index is 14.3. The number of ether oxygens (including phenoxy) is 1. The first-order valence-corrected chi connectivity index (χ1v) is 13.3. The Morgan fingerprint density at radius 1 is 1.24 bits per heavy atom. The van der Waals surface area contributed by atoms with Crippen molar-refractivity contribution < 1.29 is 32.1 Å². The van der Waals surface area contributed by atoms with Crippen molar-refractivity contribution in [3.8, 4) is 0 Å². The molecule has 190 valence electrons. The fourth-order valence-corrected chi connectivity index (χ4v) is 7.77. The van der Waals surface area contributed by atoms with Crippen molar-refractivity contribution in [3.05, 3.63) is 28.6 Å². The molecule has 0 aromatic carbocycles. The molecule has 3 heterocycles. The third-order valence-electron chi connectivity index (χ3n) is 6.47. The van der Waals surface area contributed by atoms with Crippen molar-refractivity contribution in [1.29, 1.82) is 0 Å². The van der Waals surface area contributed by atoms with E-state index in [9.17, 15) is 28.1 Å². The Labute approximate surface area is 197 Å². The zero-order valence-corrected chi connectivity index (χ0v) is 21.3. The fourth-order valence-electron chi connectivity index (χ4n) is 4.47. The highest BCUT2D eigenvalue weighted by Gasteiger charge is 2.67. The number of nitro groups is 1. The zero-order chi connectivity index (χ0) is 25.9. The van der Waals surface area contributed by atoms with Crippen molar-refractivity contribution in [2.75, 3.05) is 18.0 Å². The highest BCUT2D eigenvalue weighted by molar-refractivity contribution is 6.75. The maximum Gasteiger partial charge on any atom is 0.404 e. The van der Waals surface area contributed by atoms with E-state index in [1.54, 1.807) is 27.3 Å². The van der Waals surface area contributed by atoms with Gasteiger partial charge in [0.15, 0.2) is 0 Å². The molecule has 34 heavy (non-hydrogen) atoms. The van der Waals surface area contributed by atoms with Crippen molar-refractivity contribution in [2.45, 2.75) is 77.1 Å². The van der Waals surface area contributed by atoms with Crippen LogP contribution in [-0.4, -0.2) is 66.1 Å². The smallest absolute Gasteiger partial charge is 0.404 e. The molecule has 13 heteroatoms. The van der Waals surface area contributed by atoms with E-state index < -0.39 is 66.6 Å². The molecule has 0 saturated carbocycles. The van der Waals surface area contributed by atoms with Gasteiger partial charge in [-0.3, -0.25) is 15.1 Å². The summed E-state index contributed by atoms with van der Waals surface area (Å²) in [6.07, 6.45) is -4.39. The number of pyridine rings is 1. The molecule has 4 atom stereocenters. The normalized spacial score (nSPS) is 28.0. The number of amides is 1. The zero-order valence-electron chi connectivity index (χ0n) is 20.3. The van der Waals surface area contributed by atoms with Gasteiger partial charge in [-0.25, -0.2) is 4.79 Å². The molecule has 9 nitrogen and oxygen atoms in total. The number of rotatable bonds is 2. The summed E-state index contributed by atoms with van der Waals surface area (Å²) in [6, 6.07) is 0.318. The van der Waals surface area contributed by atoms with Crippen LogP contribution in [0.3, 0.4) is 0 Å². The van der Waals surface area contributed by atoms with E-state index in [0.717, 1.165) is 6.20 Å². The number of carbonyl (C=O) groups excluding carboxylic acids is 1. The lowest BCUT2D eigenvalue weighted by molar-refractivity contribution is -0.384. The predicted molar refractivity (Wildman–Crippen MR) is 121 cm³/mol. The Morgan fingerprint density at radius 2 is 1.85 bits per heavy atom. The van der Waals surface area contributed by atoms with Gasteiger partial charge in [0.1, 0.15) is 17.5 Å². The number of fused-ring (bicyclic) bond motifs is 1. The first-order chi connectivity index (χ1) is 15.4. The lowest BCUT2D eigenvalue weighted by Gasteiger charge is -2.45. The molecule has 0 spiro atoms. The van der Waals surface area contributed by atoms with Crippen molar-refractivity contribution in [3.63, 3.8) is 0 Å². The molecule has 1 aromatic heterocycles. The first kappa shape index (κ1) is 26.2. The third-order valence-corrected chi connectivity index (χ3v) is 11.4. The molecule has 2 fully saturated rings. The summed E-state index contributed by atoms with van der Waals surface area (Å²) in [5.41, 5.74) is -1.26. The lowest BCUT2D eigenvalue weighted by atomic mass is 9.89. The minimum absolute atomic E-state index is 0.0165. The van der Waals surface area contributed by atoms with Crippen LogP contribution in [-0.2, 0) is 9.16 Å². The SMILES string of the molecule is CC(C)(C)OC(=O)N1[C@@H]2CN(c3ccncc3[N+](=O)[O-])C[C@H](C(F)(F)F)[C@H]2O[Si]1(C)C(C)(C)C. The number of aromatic nitrogens is 1. The van der Waals surface area contributed by atoms with Gasteiger partial charge in [0, 0.05) is 19.3 Å². The largest absolute Gasteiger partial charge is 0.444 e. The first-order valence-electron chi connectivity index (χ1n) is 11.0. The van der Waals surface area contributed by atoms with E-state index in [4.69, 9.17) is 9.16 Å². The van der Waals surface area contributed by atoms with Crippen LogP contribution in [0.1, 0.15) is 41.5 Å². The molecule has 1 unspecified atom stereocenters. The molecule has 1 amide bonds. The van der Waals surface area contributed by atoms with Crippen LogP contribution < -0.4 is 4.90 Å². The van der Waals surface area contributed by atoms with E-state index in [-0.39, 0.29) is 12.2 Å². The Kier molecular flexibility index (Phi) is 6.44. The summed E-state index contributed by atoms with van der Waals surface area (Å²) in [5, 5.41) is 10.9. The molecule has 2 aliphatic heterocycles. The number of nitrogens with zero attached hydrogens (tertiary/aromatic N) is 4. The summed E-state index contributed by atoms with van der Waals surface area (Å²) in [5.74, 6) is -1.96.